The number of nitrogens with zero attached hydrogens (tertiary/aromatic N) is 2. The summed E-state index contributed by atoms with van der Waals surface area (Å²) < 4.78 is 5.55. The van der Waals surface area contributed by atoms with Crippen LogP contribution in [0.4, 0.5) is 5.82 Å². The molecule has 0 aliphatic carbocycles. The molecule has 2 heterocycles. The fraction of sp³-hybridized carbons (Fsp3) is 0.130. The maximum Gasteiger partial charge on any atom is 0.147 e. The van der Waals surface area contributed by atoms with Gasteiger partial charge in [0.15, 0.2) is 0 Å². The van der Waals surface area contributed by atoms with Crippen LogP contribution in [0.5, 0.6) is 11.5 Å². The molecule has 1 atom stereocenters. The molecule has 2 aromatic heterocycles. The lowest BCUT2D eigenvalue weighted by atomic mass is 9.96. The topological polar surface area (TPSA) is 67.3 Å². The van der Waals surface area contributed by atoms with Gasteiger partial charge in [-0.15, -0.1) is 0 Å². The third kappa shape index (κ3) is 3.60. The van der Waals surface area contributed by atoms with Crippen LogP contribution in [0, 0.1) is 0 Å². The first kappa shape index (κ1) is 17.8. The first-order valence-corrected chi connectivity index (χ1v) is 9.23. The van der Waals surface area contributed by atoms with Crippen LogP contribution in [0.15, 0.2) is 79.1 Å². The summed E-state index contributed by atoms with van der Waals surface area (Å²) in [6, 6.07) is 20.9. The zero-order valence-electron chi connectivity index (χ0n) is 15.5. The Kier molecular flexibility index (Phi) is 5.06. The highest BCUT2D eigenvalue weighted by Gasteiger charge is 2.20. The normalized spacial score (nSPS) is 11.9. The van der Waals surface area contributed by atoms with Crippen LogP contribution in [0.25, 0.3) is 10.9 Å². The van der Waals surface area contributed by atoms with Gasteiger partial charge in [0.2, 0.25) is 0 Å². The Bertz CT molecular complexity index is 1070. The lowest BCUT2D eigenvalue weighted by Gasteiger charge is -2.22. The number of benzene rings is 2. The van der Waals surface area contributed by atoms with Gasteiger partial charge in [0.25, 0.3) is 0 Å². The lowest BCUT2D eigenvalue weighted by Crippen LogP contribution is -2.13. The van der Waals surface area contributed by atoms with Gasteiger partial charge in [0, 0.05) is 23.3 Å². The molecule has 2 N–H and O–H groups in total. The highest BCUT2D eigenvalue weighted by atomic mass is 16.5. The van der Waals surface area contributed by atoms with Crippen LogP contribution in [-0.2, 0) is 0 Å². The Morgan fingerprint density at radius 1 is 0.929 bits per heavy atom. The number of aromatic nitrogens is 2. The number of phenols is 1. The average molecular weight is 371 g/mol. The standard InChI is InChI=1S/C23H21N3O2/c1-2-28-18-11-8-17(9-12-18)21(26-20-7-3-4-14-24-20)19-13-10-16-6-5-15-25-22(16)23(19)27/h3-15,21,27H,2H2,1H3,(H,24,26)/t21-/m0/s1. The third-order valence-corrected chi connectivity index (χ3v) is 4.57. The summed E-state index contributed by atoms with van der Waals surface area (Å²) in [5, 5.41) is 15.3. The number of phenolic OH excluding ortho intramolecular Hbond substituents is 1. The van der Waals surface area contributed by atoms with Crippen LogP contribution < -0.4 is 10.1 Å². The Labute approximate surface area is 163 Å². The molecule has 28 heavy (non-hydrogen) atoms. The van der Waals surface area contributed by atoms with Gasteiger partial charge in [-0.1, -0.05) is 36.4 Å². The van der Waals surface area contributed by atoms with Gasteiger partial charge >= 0.3 is 0 Å². The molecule has 0 saturated carbocycles. The molecule has 0 spiro atoms. The number of hydrogen-bond donors (Lipinski definition) is 2. The molecule has 0 radical (unpaired) electrons. The van der Waals surface area contributed by atoms with Crippen LogP contribution >= 0.6 is 0 Å². The van der Waals surface area contributed by atoms with Crippen LogP contribution in [-0.4, -0.2) is 21.7 Å². The second-order valence-corrected chi connectivity index (χ2v) is 6.37. The number of anilines is 1. The molecule has 0 amide bonds. The Morgan fingerprint density at radius 3 is 2.50 bits per heavy atom. The predicted molar refractivity (Wildman–Crippen MR) is 111 cm³/mol. The van der Waals surface area contributed by atoms with E-state index >= 15 is 0 Å². The molecular formula is C23H21N3O2. The van der Waals surface area contributed by atoms with Crippen molar-refractivity contribution in [2.45, 2.75) is 13.0 Å². The molecule has 2 aromatic carbocycles. The van der Waals surface area contributed by atoms with Gasteiger partial charge in [0.1, 0.15) is 22.8 Å². The van der Waals surface area contributed by atoms with E-state index in [-0.39, 0.29) is 11.8 Å². The second-order valence-electron chi connectivity index (χ2n) is 6.37. The summed E-state index contributed by atoms with van der Waals surface area (Å²) in [6.07, 6.45) is 3.42. The number of hydrogen-bond acceptors (Lipinski definition) is 5. The van der Waals surface area contributed by atoms with Gasteiger partial charge < -0.3 is 15.2 Å². The highest BCUT2D eigenvalue weighted by molar-refractivity contribution is 5.86. The largest absolute Gasteiger partial charge is 0.505 e. The van der Waals surface area contributed by atoms with E-state index in [0.29, 0.717) is 12.1 Å². The Morgan fingerprint density at radius 2 is 1.75 bits per heavy atom. The number of rotatable bonds is 6. The fourth-order valence-corrected chi connectivity index (χ4v) is 3.24. The average Bonchev–Trinajstić information content (AvgIpc) is 2.75. The molecular weight excluding hydrogens is 350 g/mol. The molecule has 0 bridgehead atoms. The molecule has 0 aliphatic rings. The number of pyridine rings is 2. The molecule has 0 unspecified atom stereocenters. The van der Waals surface area contributed by atoms with Crippen LogP contribution in [0.1, 0.15) is 24.1 Å². The number of fused-ring (bicyclic) bond motifs is 1. The van der Waals surface area contributed by atoms with Crippen molar-refractivity contribution in [1.29, 1.82) is 0 Å². The van der Waals surface area contributed by atoms with Crippen molar-refractivity contribution in [3.8, 4) is 11.5 Å². The molecule has 4 rings (SSSR count). The van der Waals surface area contributed by atoms with Crippen molar-refractivity contribution < 1.29 is 9.84 Å². The maximum absolute atomic E-state index is 11.0. The fourth-order valence-electron chi connectivity index (χ4n) is 3.24. The number of aromatic hydroxyl groups is 1. The highest BCUT2D eigenvalue weighted by Crippen LogP contribution is 2.36. The van der Waals surface area contributed by atoms with Gasteiger partial charge in [-0.2, -0.15) is 0 Å². The van der Waals surface area contributed by atoms with E-state index in [1.807, 2.05) is 73.7 Å². The van der Waals surface area contributed by atoms with Crippen molar-refractivity contribution in [3.63, 3.8) is 0 Å². The molecule has 5 heteroatoms. The van der Waals surface area contributed by atoms with Crippen LogP contribution in [0.2, 0.25) is 0 Å². The van der Waals surface area contributed by atoms with Gasteiger partial charge in [-0.3, -0.25) is 4.98 Å². The number of ether oxygens (including phenoxy) is 1. The first-order valence-electron chi connectivity index (χ1n) is 9.23. The molecule has 0 fully saturated rings. The zero-order chi connectivity index (χ0) is 19.3. The summed E-state index contributed by atoms with van der Waals surface area (Å²) in [4.78, 5) is 8.73. The second kappa shape index (κ2) is 7.96. The summed E-state index contributed by atoms with van der Waals surface area (Å²) in [6.45, 7) is 2.57. The molecule has 4 aromatic rings. The molecule has 0 saturated heterocycles. The van der Waals surface area contributed by atoms with E-state index in [0.717, 1.165) is 28.1 Å². The monoisotopic (exact) mass is 371 g/mol. The predicted octanol–water partition coefficient (Wildman–Crippen LogP) is 4.94. The Balaban J connectivity index is 1.79. The van der Waals surface area contributed by atoms with Crippen molar-refractivity contribution in [1.82, 2.24) is 9.97 Å². The van der Waals surface area contributed by atoms with E-state index in [1.165, 1.54) is 0 Å². The van der Waals surface area contributed by atoms with E-state index in [1.54, 1.807) is 12.4 Å². The number of nitrogens with one attached hydrogen (secondary N) is 1. The summed E-state index contributed by atoms with van der Waals surface area (Å²) >= 11 is 0. The maximum atomic E-state index is 11.0. The van der Waals surface area contributed by atoms with Crippen molar-refractivity contribution in [2.75, 3.05) is 11.9 Å². The quantitative estimate of drug-likeness (QED) is 0.503. The minimum atomic E-state index is -0.294. The summed E-state index contributed by atoms with van der Waals surface area (Å²) in [5.74, 6) is 1.70. The minimum absolute atomic E-state index is 0.167. The van der Waals surface area contributed by atoms with Gasteiger partial charge in [0.05, 0.1) is 12.6 Å². The SMILES string of the molecule is CCOc1ccc([C@H](Nc2ccccn2)c2ccc3cccnc3c2O)cc1. The lowest BCUT2D eigenvalue weighted by molar-refractivity contribution is 0.340. The van der Waals surface area contributed by atoms with E-state index in [2.05, 4.69) is 15.3 Å². The zero-order valence-corrected chi connectivity index (χ0v) is 15.5. The molecule has 5 nitrogen and oxygen atoms in total. The van der Waals surface area contributed by atoms with Crippen molar-refractivity contribution in [3.05, 3.63) is 90.3 Å². The summed E-state index contributed by atoms with van der Waals surface area (Å²) in [5.41, 5.74) is 2.31. The van der Waals surface area contributed by atoms with Crippen molar-refractivity contribution >= 4 is 16.7 Å². The van der Waals surface area contributed by atoms with Gasteiger partial charge in [-0.25, -0.2) is 4.98 Å². The van der Waals surface area contributed by atoms with Gasteiger partial charge in [-0.05, 0) is 42.8 Å². The smallest absolute Gasteiger partial charge is 0.147 e. The van der Waals surface area contributed by atoms with E-state index in [9.17, 15) is 5.11 Å². The van der Waals surface area contributed by atoms with E-state index in [4.69, 9.17) is 4.74 Å². The molecule has 140 valence electrons. The Hall–Kier alpha value is -3.60. The molecule has 0 aliphatic heterocycles. The summed E-state index contributed by atoms with van der Waals surface area (Å²) in [7, 11) is 0. The van der Waals surface area contributed by atoms with Crippen LogP contribution in [0.3, 0.4) is 0 Å². The van der Waals surface area contributed by atoms with Crippen molar-refractivity contribution in [2.24, 2.45) is 0 Å². The van der Waals surface area contributed by atoms with E-state index < -0.39 is 0 Å². The first-order chi connectivity index (χ1) is 13.8. The third-order valence-electron chi connectivity index (χ3n) is 4.57. The minimum Gasteiger partial charge on any atom is -0.505 e.